The van der Waals surface area contributed by atoms with E-state index in [4.69, 9.17) is 0 Å². The fourth-order valence-electron chi connectivity index (χ4n) is 2.56. The van der Waals surface area contributed by atoms with Crippen LogP contribution in [0, 0.1) is 17.0 Å². The monoisotopic (exact) mass is 368 g/mol. The molecule has 0 spiro atoms. The van der Waals surface area contributed by atoms with Crippen LogP contribution in [0.1, 0.15) is 15.9 Å². The molecule has 2 aromatic heterocycles. The molecule has 0 radical (unpaired) electrons. The van der Waals surface area contributed by atoms with Gasteiger partial charge >= 0.3 is 0 Å². The maximum absolute atomic E-state index is 12.3. The maximum atomic E-state index is 12.3. The summed E-state index contributed by atoms with van der Waals surface area (Å²) in [5, 5.41) is 21.9. The van der Waals surface area contributed by atoms with E-state index in [1.807, 2.05) is 0 Å². The lowest BCUT2D eigenvalue weighted by atomic mass is 10.1. The number of carbonyl (C=O) groups excluding carboxylic acids is 1. The number of hydrogen-bond acceptors (Lipinski definition) is 6. The highest BCUT2D eigenvalue weighted by molar-refractivity contribution is 5.96. The van der Waals surface area contributed by atoms with Crippen molar-refractivity contribution in [1.29, 1.82) is 0 Å². The summed E-state index contributed by atoms with van der Waals surface area (Å²) in [7, 11) is 0. The number of nitro groups is 1. The molecule has 138 valence electrons. The van der Waals surface area contributed by atoms with Gasteiger partial charge in [0.15, 0.2) is 5.82 Å². The molecule has 0 aliphatic carbocycles. The van der Waals surface area contributed by atoms with Crippen LogP contribution in [-0.2, 0) is 6.54 Å². The van der Waals surface area contributed by atoms with Crippen LogP contribution in [0.15, 0.2) is 53.6 Å². The Labute approximate surface area is 153 Å². The SMILES string of the molecule is Cc1c(C(=O)NCCn2nc(-n3cccn3)ccc2=O)cccc1[N+](=O)[O-]. The number of rotatable bonds is 6. The third-order valence-electron chi connectivity index (χ3n) is 3.95. The van der Waals surface area contributed by atoms with E-state index in [0.29, 0.717) is 5.82 Å². The molecule has 0 saturated carbocycles. The highest BCUT2D eigenvalue weighted by Gasteiger charge is 2.17. The standard InChI is InChI=1S/C17H16N6O4/c1-12-13(4-2-5-14(12)23(26)27)17(25)18-9-11-22-16(24)7-6-15(20-22)21-10-3-8-19-21/h2-8,10H,9,11H2,1H3,(H,18,25). The molecule has 27 heavy (non-hydrogen) atoms. The van der Waals surface area contributed by atoms with E-state index in [2.05, 4.69) is 15.5 Å². The van der Waals surface area contributed by atoms with E-state index >= 15 is 0 Å². The Morgan fingerprint density at radius 2 is 2.07 bits per heavy atom. The highest BCUT2D eigenvalue weighted by Crippen LogP contribution is 2.20. The van der Waals surface area contributed by atoms with Gasteiger partial charge in [-0.1, -0.05) is 6.07 Å². The number of hydrogen-bond donors (Lipinski definition) is 1. The van der Waals surface area contributed by atoms with Gasteiger partial charge in [0, 0.05) is 42.2 Å². The molecule has 1 N–H and O–H groups in total. The Balaban J connectivity index is 1.69. The molecule has 10 heteroatoms. The average molecular weight is 368 g/mol. The first kappa shape index (κ1) is 18.0. The normalized spacial score (nSPS) is 10.6. The molecule has 0 aliphatic heterocycles. The summed E-state index contributed by atoms with van der Waals surface area (Å²) in [6.07, 6.45) is 3.29. The number of aromatic nitrogens is 4. The van der Waals surface area contributed by atoms with Gasteiger partial charge in [0.25, 0.3) is 17.2 Å². The average Bonchev–Trinajstić information content (AvgIpc) is 3.17. The number of carbonyl (C=O) groups is 1. The van der Waals surface area contributed by atoms with Crippen molar-refractivity contribution in [1.82, 2.24) is 24.9 Å². The van der Waals surface area contributed by atoms with E-state index in [0.717, 1.165) is 0 Å². The fraction of sp³-hybridized carbons (Fsp3) is 0.176. The minimum absolute atomic E-state index is 0.118. The van der Waals surface area contributed by atoms with Crippen molar-refractivity contribution in [3.63, 3.8) is 0 Å². The summed E-state index contributed by atoms with van der Waals surface area (Å²) in [5.41, 5.74) is 0.0740. The molecule has 0 saturated heterocycles. The first-order valence-corrected chi connectivity index (χ1v) is 8.08. The van der Waals surface area contributed by atoms with Gasteiger partial charge in [-0.15, -0.1) is 5.10 Å². The van der Waals surface area contributed by atoms with Crippen LogP contribution in [0.25, 0.3) is 5.82 Å². The third-order valence-corrected chi connectivity index (χ3v) is 3.95. The van der Waals surface area contributed by atoms with Crippen molar-refractivity contribution in [2.24, 2.45) is 0 Å². The van der Waals surface area contributed by atoms with Gasteiger partial charge in [-0.2, -0.15) is 5.10 Å². The Morgan fingerprint density at radius 1 is 1.26 bits per heavy atom. The molecule has 3 rings (SSSR count). The van der Waals surface area contributed by atoms with Crippen LogP contribution in [0.4, 0.5) is 5.69 Å². The molecule has 0 bridgehead atoms. The van der Waals surface area contributed by atoms with Crippen LogP contribution in [0.5, 0.6) is 0 Å². The zero-order valence-corrected chi connectivity index (χ0v) is 14.4. The third kappa shape index (κ3) is 3.89. The molecule has 0 atom stereocenters. The van der Waals surface area contributed by atoms with Gasteiger partial charge in [0.05, 0.1) is 11.5 Å². The quantitative estimate of drug-likeness (QED) is 0.513. The first-order chi connectivity index (χ1) is 13.0. The van der Waals surface area contributed by atoms with Crippen LogP contribution in [0.2, 0.25) is 0 Å². The number of amides is 1. The summed E-state index contributed by atoms with van der Waals surface area (Å²) in [5.74, 6) is 0.0212. The minimum Gasteiger partial charge on any atom is -0.350 e. The zero-order chi connectivity index (χ0) is 19.4. The molecule has 2 heterocycles. The summed E-state index contributed by atoms with van der Waals surface area (Å²) in [6.45, 7) is 1.80. The number of nitro benzene ring substituents is 1. The molecule has 1 aromatic carbocycles. The summed E-state index contributed by atoms with van der Waals surface area (Å²) >= 11 is 0. The van der Waals surface area contributed by atoms with E-state index in [1.165, 1.54) is 40.6 Å². The lowest BCUT2D eigenvalue weighted by Gasteiger charge is -2.09. The van der Waals surface area contributed by atoms with Crippen LogP contribution in [0.3, 0.4) is 0 Å². The van der Waals surface area contributed by atoms with Gasteiger partial charge in [0.2, 0.25) is 0 Å². The maximum Gasteiger partial charge on any atom is 0.273 e. The van der Waals surface area contributed by atoms with Crippen LogP contribution >= 0.6 is 0 Å². The lowest BCUT2D eigenvalue weighted by molar-refractivity contribution is -0.385. The number of nitrogens with one attached hydrogen (secondary N) is 1. The van der Waals surface area contributed by atoms with Crippen molar-refractivity contribution in [3.8, 4) is 5.82 Å². The largest absolute Gasteiger partial charge is 0.350 e. The van der Waals surface area contributed by atoms with E-state index in [1.54, 1.807) is 24.5 Å². The Hall–Kier alpha value is -3.82. The summed E-state index contributed by atoms with van der Waals surface area (Å²) in [4.78, 5) is 34.7. The predicted octanol–water partition coefficient (Wildman–Crippen LogP) is 1.08. The van der Waals surface area contributed by atoms with Crippen LogP contribution in [-0.4, -0.2) is 36.9 Å². The molecule has 0 aliphatic rings. The van der Waals surface area contributed by atoms with Gasteiger partial charge < -0.3 is 5.32 Å². The molecule has 10 nitrogen and oxygen atoms in total. The van der Waals surface area contributed by atoms with E-state index in [9.17, 15) is 19.7 Å². The Bertz CT molecular complexity index is 1040. The second kappa shape index (κ2) is 7.60. The van der Waals surface area contributed by atoms with Crippen molar-refractivity contribution < 1.29 is 9.72 Å². The lowest BCUT2D eigenvalue weighted by Crippen LogP contribution is -2.32. The van der Waals surface area contributed by atoms with Gasteiger partial charge in [-0.25, -0.2) is 9.36 Å². The van der Waals surface area contributed by atoms with Crippen molar-refractivity contribution >= 4 is 11.6 Å². The minimum atomic E-state index is -0.531. The van der Waals surface area contributed by atoms with E-state index < -0.39 is 10.8 Å². The van der Waals surface area contributed by atoms with E-state index in [-0.39, 0.29) is 35.5 Å². The molecule has 1 amide bonds. The molecular formula is C17H16N6O4. The summed E-state index contributed by atoms with van der Waals surface area (Å²) < 4.78 is 2.73. The Kier molecular flexibility index (Phi) is 5.06. The number of nitrogens with zero attached hydrogens (tertiary/aromatic N) is 5. The molecule has 0 fully saturated rings. The topological polar surface area (TPSA) is 125 Å². The second-order valence-corrected chi connectivity index (χ2v) is 5.67. The van der Waals surface area contributed by atoms with Gasteiger partial charge in [-0.3, -0.25) is 19.7 Å². The highest BCUT2D eigenvalue weighted by atomic mass is 16.6. The molecular weight excluding hydrogens is 352 g/mol. The van der Waals surface area contributed by atoms with Gasteiger partial charge in [0.1, 0.15) is 0 Å². The molecule has 3 aromatic rings. The predicted molar refractivity (Wildman–Crippen MR) is 95.8 cm³/mol. The summed E-state index contributed by atoms with van der Waals surface area (Å²) in [6, 6.07) is 8.97. The molecule has 0 unspecified atom stereocenters. The first-order valence-electron chi connectivity index (χ1n) is 8.08. The zero-order valence-electron chi connectivity index (χ0n) is 14.4. The Morgan fingerprint density at radius 3 is 2.78 bits per heavy atom. The smallest absolute Gasteiger partial charge is 0.273 e. The van der Waals surface area contributed by atoms with Crippen molar-refractivity contribution in [2.45, 2.75) is 13.5 Å². The second-order valence-electron chi connectivity index (χ2n) is 5.67. The fourth-order valence-corrected chi connectivity index (χ4v) is 2.56. The van der Waals surface area contributed by atoms with Crippen molar-refractivity contribution in [3.05, 3.63) is 80.4 Å². The van der Waals surface area contributed by atoms with Crippen molar-refractivity contribution in [2.75, 3.05) is 6.54 Å². The number of benzene rings is 1. The van der Waals surface area contributed by atoms with Crippen LogP contribution < -0.4 is 10.9 Å². The van der Waals surface area contributed by atoms with Gasteiger partial charge in [-0.05, 0) is 25.1 Å².